The maximum absolute atomic E-state index is 12.7. The molecule has 30 heavy (non-hydrogen) atoms. The maximum atomic E-state index is 12.7. The van der Waals surface area contributed by atoms with Crippen LogP contribution in [0.3, 0.4) is 0 Å². The first kappa shape index (κ1) is 21.0. The summed E-state index contributed by atoms with van der Waals surface area (Å²) in [5.41, 5.74) is -1.06. The number of nitrogens with zero attached hydrogens (tertiary/aromatic N) is 2. The molecule has 3 aromatic heterocycles. The molecule has 0 amide bonds. The van der Waals surface area contributed by atoms with Gasteiger partial charge >= 0.3 is 5.97 Å². The van der Waals surface area contributed by atoms with E-state index in [4.69, 9.17) is 15.7 Å². The number of nitrogens with one attached hydrogen (secondary N) is 1. The second-order valence-electron chi connectivity index (χ2n) is 7.22. The number of H-pyrrole nitrogens is 1. The van der Waals surface area contributed by atoms with Gasteiger partial charge in [0, 0.05) is 30.4 Å². The predicted octanol–water partition coefficient (Wildman–Crippen LogP) is 1.91. The normalized spacial score (nSPS) is 12.9. The Morgan fingerprint density at radius 3 is 2.70 bits per heavy atom. The number of ether oxygens (including phenoxy) is 1. The second-order valence-corrected chi connectivity index (χ2v) is 7.22. The van der Waals surface area contributed by atoms with Crippen LogP contribution < -0.4 is 5.56 Å². The Kier molecular flexibility index (Phi) is 5.30. The van der Waals surface area contributed by atoms with Crippen molar-refractivity contribution >= 4 is 16.9 Å². The Hall–Kier alpha value is -3.75. The highest BCUT2D eigenvalue weighted by atomic mass is 16.5. The fourth-order valence-corrected chi connectivity index (χ4v) is 3.04. The predicted molar refractivity (Wildman–Crippen MR) is 110 cm³/mol. The third kappa shape index (κ3) is 3.61. The zero-order valence-electron chi connectivity index (χ0n) is 17.3. The van der Waals surface area contributed by atoms with Gasteiger partial charge in [-0.3, -0.25) is 4.79 Å². The molecular formula is C22H21N3O5. The van der Waals surface area contributed by atoms with Gasteiger partial charge in [0.1, 0.15) is 17.0 Å². The average Bonchev–Trinajstić information content (AvgIpc) is 3.26. The summed E-state index contributed by atoms with van der Waals surface area (Å²) < 4.78 is 11.6. The number of hydrogen-bond donors (Lipinski definition) is 2. The highest BCUT2D eigenvalue weighted by Gasteiger charge is 2.29. The molecule has 0 radical (unpaired) electrons. The van der Waals surface area contributed by atoms with E-state index in [1.165, 1.54) is 16.8 Å². The van der Waals surface area contributed by atoms with Gasteiger partial charge in [-0.1, -0.05) is 17.0 Å². The molecule has 0 aliphatic rings. The third-order valence-electron chi connectivity index (χ3n) is 4.45. The van der Waals surface area contributed by atoms with Crippen molar-refractivity contribution < 1.29 is 19.2 Å². The van der Waals surface area contributed by atoms with Crippen LogP contribution >= 0.6 is 0 Å². The van der Waals surface area contributed by atoms with Crippen molar-refractivity contribution in [1.82, 2.24) is 14.7 Å². The van der Waals surface area contributed by atoms with E-state index in [2.05, 4.69) is 27.9 Å². The van der Waals surface area contributed by atoms with E-state index in [0.29, 0.717) is 22.4 Å². The summed E-state index contributed by atoms with van der Waals surface area (Å²) in [5, 5.41) is 14.8. The fourth-order valence-electron chi connectivity index (χ4n) is 3.04. The molecule has 0 aliphatic carbocycles. The largest absolute Gasteiger partial charge is 0.459 e. The summed E-state index contributed by atoms with van der Waals surface area (Å²) in [6.07, 6.45) is 6.63. The van der Waals surface area contributed by atoms with Crippen molar-refractivity contribution in [2.45, 2.75) is 39.4 Å². The van der Waals surface area contributed by atoms with Crippen molar-refractivity contribution in [3.63, 3.8) is 0 Å². The quantitative estimate of drug-likeness (QED) is 0.507. The number of fused-ring (bicyclic) bond motifs is 1. The molecule has 0 saturated heterocycles. The SMILES string of the molecule is C#C[C@@](O)(C#Cc1cn(C)c(=O)c2[nH]c(C)c(C(=O)OC(C)C)c12)c1cc(C)on1. The topological polar surface area (TPSA) is 110 Å². The lowest BCUT2D eigenvalue weighted by molar-refractivity contribution is 0.0379. The zero-order valence-corrected chi connectivity index (χ0v) is 17.3. The van der Waals surface area contributed by atoms with Gasteiger partial charge in [-0.25, -0.2) is 4.79 Å². The molecule has 0 spiro atoms. The summed E-state index contributed by atoms with van der Waals surface area (Å²) in [4.78, 5) is 28.2. The minimum absolute atomic E-state index is 0.0701. The molecule has 0 unspecified atom stereocenters. The van der Waals surface area contributed by atoms with Gasteiger partial charge in [-0.2, -0.15) is 0 Å². The van der Waals surface area contributed by atoms with Crippen LogP contribution in [0.5, 0.6) is 0 Å². The Balaban J connectivity index is 2.26. The van der Waals surface area contributed by atoms with Crippen molar-refractivity contribution in [2.75, 3.05) is 0 Å². The molecule has 0 aliphatic heterocycles. The first-order valence-electron chi connectivity index (χ1n) is 9.17. The number of rotatable bonds is 3. The van der Waals surface area contributed by atoms with Crippen molar-refractivity contribution in [2.24, 2.45) is 7.05 Å². The smallest absolute Gasteiger partial charge is 0.340 e. The second kappa shape index (κ2) is 7.58. The number of aliphatic hydroxyl groups is 1. The highest BCUT2D eigenvalue weighted by Crippen LogP contribution is 2.25. The van der Waals surface area contributed by atoms with Crippen molar-refractivity contribution in [3.8, 4) is 24.2 Å². The monoisotopic (exact) mass is 407 g/mol. The van der Waals surface area contributed by atoms with Crippen LogP contribution in [0, 0.1) is 38.0 Å². The standard InChI is InChI=1S/C22H21N3O5/c1-7-22(28,16-10-13(4)30-24-16)9-8-15-11-25(6)20(26)19-18(15)17(14(5)23-19)21(27)29-12(2)3/h1,10-12,23,28H,2-6H3/t22-/m1/s1. The van der Waals surface area contributed by atoms with Crippen molar-refractivity contribution in [1.29, 1.82) is 0 Å². The van der Waals surface area contributed by atoms with Gasteiger partial charge in [-0.05, 0) is 33.6 Å². The Morgan fingerprint density at radius 2 is 2.13 bits per heavy atom. The van der Waals surface area contributed by atoms with Crippen LogP contribution in [-0.2, 0) is 17.4 Å². The zero-order chi connectivity index (χ0) is 22.2. The molecule has 3 aromatic rings. The van der Waals surface area contributed by atoms with Gasteiger partial charge in [0.05, 0.1) is 17.2 Å². The first-order valence-corrected chi connectivity index (χ1v) is 9.17. The molecule has 3 heterocycles. The molecule has 3 rings (SSSR count). The van der Waals surface area contributed by atoms with Crippen LogP contribution in [-0.4, -0.2) is 31.9 Å². The Morgan fingerprint density at radius 1 is 1.43 bits per heavy atom. The molecule has 0 fully saturated rings. The van der Waals surface area contributed by atoms with Gasteiger partial charge in [-0.15, -0.1) is 6.42 Å². The number of carbonyl (C=O) groups excluding carboxylic acids is 1. The lowest BCUT2D eigenvalue weighted by Crippen LogP contribution is -2.22. The fraction of sp³-hybridized carbons (Fsp3) is 0.318. The first-order chi connectivity index (χ1) is 14.1. The summed E-state index contributed by atoms with van der Waals surface area (Å²) in [6.45, 7) is 6.79. The van der Waals surface area contributed by atoms with Crippen LogP contribution in [0.25, 0.3) is 10.9 Å². The lowest BCUT2D eigenvalue weighted by atomic mass is 10.00. The van der Waals surface area contributed by atoms with E-state index in [0.717, 1.165) is 0 Å². The van der Waals surface area contributed by atoms with E-state index in [1.54, 1.807) is 34.7 Å². The molecule has 1 atom stereocenters. The number of aryl methyl sites for hydroxylation is 3. The van der Waals surface area contributed by atoms with Crippen LogP contribution in [0.1, 0.15) is 46.9 Å². The van der Waals surface area contributed by atoms with Crippen LogP contribution in [0.4, 0.5) is 0 Å². The molecule has 0 saturated carbocycles. The Bertz CT molecular complexity index is 1310. The molecule has 154 valence electrons. The maximum Gasteiger partial charge on any atom is 0.340 e. The van der Waals surface area contributed by atoms with E-state index >= 15 is 0 Å². The number of carbonyl (C=O) groups is 1. The Labute approximate surface area is 172 Å². The van der Waals surface area contributed by atoms with Gasteiger partial charge in [0.25, 0.3) is 5.56 Å². The van der Waals surface area contributed by atoms with Gasteiger partial charge < -0.3 is 23.9 Å². The number of terminal acetylenes is 1. The molecule has 8 heteroatoms. The average molecular weight is 407 g/mol. The number of esters is 1. The number of hydrogen-bond acceptors (Lipinski definition) is 6. The van der Waals surface area contributed by atoms with E-state index < -0.39 is 11.6 Å². The number of aromatic nitrogens is 3. The number of pyridine rings is 1. The van der Waals surface area contributed by atoms with Gasteiger partial charge in [0.2, 0.25) is 5.60 Å². The summed E-state index contributed by atoms with van der Waals surface area (Å²) >= 11 is 0. The number of aromatic amines is 1. The van der Waals surface area contributed by atoms with Crippen LogP contribution in [0.2, 0.25) is 0 Å². The van der Waals surface area contributed by atoms with Crippen LogP contribution in [0.15, 0.2) is 21.6 Å². The summed E-state index contributed by atoms with van der Waals surface area (Å²) in [6, 6.07) is 1.48. The molecule has 0 bridgehead atoms. The summed E-state index contributed by atoms with van der Waals surface area (Å²) in [5.74, 6) is 7.51. The van der Waals surface area contributed by atoms with E-state index in [9.17, 15) is 14.7 Å². The molecule has 2 N–H and O–H groups in total. The lowest BCUT2D eigenvalue weighted by Gasteiger charge is -2.11. The minimum atomic E-state index is -2.01. The van der Waals surface area contributed by atoms with Gasteiger partial charge in [0.15, 0.2) is 0 Å². The molecule has 8 nitrogen and oxygen atoms in total. The van der Waals surface area contributed by atoms with E-state index in [1.807, 2.05) is 0 Å². The molecular weight excluding hydrogens is 386 g/mol. The summed E-state index contributed by atoms with van der Waals surface area (Å²) in [7, 11) is 1.56. The third-order valence-corrected chi connectivity index (χ3v) is 4.45. The highest BCUT2D eigenvalue weighted by molar-refractivity contribution is 6.07. The minimum Gasteiger partial charge on any atom is -0.459 e. The van der Waals surface area contributed by atoms with Crippen molar-refractivity contribution in [3.05, 3.63) is 50.9 Å². The van der Waals surface area contributed by atoms with E-state index in [-0.39, 0.29) is 28.4 Å². The molecule has 0 aromatic carbocycles.